The van der Waals surface area contributed by atoms with E-state index in [1.54, 1.807) is 14.2 Å². The lowest BCUT2D eigenvalue weighted by Gasteiger charge is -2.47. The van der Waals surface area contributed by atoms with Gasteiger partial charge in [-0.3, -0.25) is 0 Å². The Balaban J connectivity index is 2.24. The zero-order valence-electron chi connectivity index (χ0n) is 10.7. The summed E-state index contributed by atoms with van der Waals surface area (Å²) in [6, 6.07) is 0. The molecule has 3 heteroatoms. The van der Waals surface area contributed by atoms with Gasteiger partial charge in [-0.2, -0.15) is 0 Å². The summed E-state index contributed by atoms with van der Waals surface area (Å²) in [7, 11) is 3.45. The van der Waals surface area contributed by atoms with Crippen molar-refractivity contribution >= 4 is 0 Å². The Kier molecular flexibility index (Phi) is 2.89. The first-order valence-corrected chi connectivity index (χ1v) is 5.83. The predicted molar refractivity (Wildman–Crippen MR) is 62.5 cm³/mol. The van der Waals surface area contributed by atoms with Crippen LogP contribution in [0.25, 0.3) is 0 Å². The molecular formula is C13H22O3. The molecule has 0 spiro atoms. The highest BCUT2D eigenvalue weighted by Crippen LogP contribution is 2.51. The minimum Gasteiger partial charge on any atom is -0.381 e. The van der Waals surface area contributed by atoms with Crippen LogP contribution in [-0.4, -0.2) is 38.6 Å². The minimum absolute atomic E-state index is 0.241. The summed E-state index contributed by atoms with van der Waals surface area (Å²) < 4.78 is 16.8. The number of hydrogen-bond donors (Lipinski definition) is 0. The van der Waals surface area contributed by atoms with Crippen molar-refractivity contribution in [1.29, 1.82) is 0 Å². The number of hydrogen-bond acceptors (Lipinski definition) is 3. The Morgan fingerprint density at radius 2 is 1.44 bits per heavy atom. The van der Waals surface area contributed by atoms with Crippen LogP contribution in [0, 0.1) is 5.41 Å². The number of fused-ring (bicyclic) bond motifs is 2. The van der Waals surface area contributed by atoms with Gasteiger partial charge in [-0.15, -0.1) is 0 Å². The summed E-state index contributed by atoms with van der Waals surface area (Å²) in [5, 5.41) is 0. The van der Waals surface area contributed by atoms with Crippen LogP contribution >= 0.6 is 0 Å². The van der Waals surface area contributed by atoms with Gasteiger partial charge in [0.1, 0.15) is 11.2 Å². The molecular weight excluding hydrogens is 204 g/mol. The van der Waals surface area contributed by atoms with Gasteiger partial charge in [0.2, 0.25) is 0 Å². The fourth-order valence-corrected chi connectivity index (χ4v) is 3.40. The number of rotatable bonds is 4. The van der Waals surface area contributed by atoms with Gasteiger partial charge in [-0.25, -0.2) is 0 Å². The largest absolute Gasteiger partial charge is 0.381 e. The van der Waals surface area contributed by atoms with E-state index in [9.17, 15) is 0 Å². The second kappa shape index (κ2) is 3.83. The highest BCUT2D eigenvalue weighted by molar-refractivity contribution is 5.24. The summed E-state index contributed by atoms with van der Waals surface area (Å²) in [4.78, 5) is 0. The molecule has 2 heterocycles. The Morgan fingerprint density at radius 1 is 1.00 bits per heavy atom. The average molecular weight is 226 g/mol. The van der Waals surface area contributed by atoms with Crippen LogP contribution in [0.1, 0.15) is 26.7 Å². The maximum absolute atomic E-state index is 6.23. The van der Waals surface area contributed by atoms with Crippen molar-refractivity contribution in [1.82, 2.24) is 0 Å². The van der Waals surface area contributed by atoms with Crippen LogP contribution in [0.3, 0.4) is 0 Å². The first-order valence-electron chi connectivity index (χ1n) is 5.83. The molecule has 2 aliphatic heterocycles. The van der Waals surface area contributed by atoms with E-state index < -0.39 is 0 Å². The van der Waals surface area contributed by atoms with Crippen LogP contribution in [0.4, 0.5) is 0 Å². The molecule has 1 fully saturated rings. The van der Waals surface area contributed by atoms with E-state index in [1.807, 2.05) is 0 Å². The Morgan fingerprint density at radius 3 is 1.81 bits per heavy atom. The second-order valence-corrected chi connectivity index (χ2v) is 5.95. The molecule has 92 valence electrons. The first-order chi connectivity index (χ1) is 7.45. The van der Waals surface area contributed by atoms with Crippen molar-refractivity contribution in [3.05, 3.63) is 12.2 Å². The van der Waals surface area contributed by atoms with E-state index in [2.05, 4.69) is 26.0 Å². The van der Waals surface area contributed by atoms with Crippen LogP contribution in [-0.2, 0) is 14.2 Å². The first kappa shape index (κ1) is 12.1. The minimum atomic E-state index is -0.241. The van der Waals surface area contributed by atoms with Crippen molar-refractivity contribution in [2.45, 2.75) is 37.9 Å². The SMILES string of the molecule is COC[C@@]12C=C[C@@](COC)(CC(C)(C)C1)O2. The molecule has 0 radical (unpaired) electrons. The number of ether oxygens (including phenoxy) is 3. The van der Waals surface area contributed by atoms with Gasteiger partial charge in [0.25, 0.3) is 0 Å². The molecule has 3 nitrogen and oxygen atoms in total. The third-order valence-corrected chi connectivity index (χ3v) is 3.43. The maximum Gasteiger partial charge on any atom is 0.111 e. The van der Waals surface area contributed by atoms with E-state index in [4.69, 9.17) is 14.2 Å². The molecule has 0 aliphatic carbocycles. The lowest BCUT2D eigenvalue weighted by Crippen LogP contribution is -2.52. The van der Waals surface area contributed by atoms with E-state index in [0.29, 0.717) is 13.2 Å². The van der Waals surface area contributed by atoms with Crippen LogP contribution in [0.5, 0.6) is 0 Å². The van der Waals surface area contributed by atoms with E-state index in [0.717, 1.165) is 12.8 Å². The molecule has 0 aromatic heterocycles. The zero-order valence-corrected chi connectivity index (χ0v) is 10.7. The summed E-state index contributed by atoms with van der Waals surface area (Å²) in [6.45, 7) is 5.82. The Hall–Kier alpha value is -0.380. The molecule has 2 aliphatic rings. The molecule has 2 atom stereocenters. The van der Waals surface area contributed by atoms with Gasteiger partial charge in [0, 0.05) is 14.2 Å². The lowest BCUT2D eigenvalue weighted by molar-refractivity contribution is -0.195. The van der Waals surface area contributed by atoms with Crippen molar-refractivity contribution in [3.63, 3.8) is 0 Å². The second-order valence-electron chi connectivity index (χ2n) is 5.95. The summed E-state index contributed by atoms with van der Waals surface area (Å²) >= 11 is 0. The monoisotopic (exact) mass is 226 g/mol. The van der Waals surface area contributed by atoms with Gasteiger partial charge >= 0.3 is 0 Å². The van der Waals surface area contributed by atoms with E-state index >= 15 is 0 Å². The number of methoxy groups -OCH3 is 2. The molecule has 0 unspecified atom stereocenters. The van der Waals surface area contributed by atoms with Crippen molar-refractivity contribution in [2.75, 3.05) is 27.4 Å². The molecule has 0 N–H and O–H groups in total. The maximum atomic E-state index is 6.23. The van der Waals surface area contributed by atoms with Crippen molar-refractivity contribution in [2.24, 2.45) is 5.41 Å². The third kappa shape index (κ3) is 2.04. The molecule has 2 bridgehead atoms. The molecule has 2 rings (SSSR count). The summed E-state index contributed by atoms with van der Waals surface area (Å²) in [5.41, 5.74) is -0.219. The fourth-order valence-electron chi connectivity index (χ4n) is 3.40. The van der Waals surface area contributed by atoms with E-state index in [1.165, 1.54) is 0 Å². The lowest BCUT2D eigenvalue weighted by atomic mass is 9.73. The predicted octanol–water partition coefficient (Wildman–Crippen LogP) is 2.16. The third-order valence-electron chi connectivity index (χ3n) is 3.43. The smallest absolute Gasteiger partial charge is 0.111 e. The van der Waals surface area contributed by atoms with E-state index in [-0.39, 0.29) is 16.6 Å². The van der Waals surface area contributed by atoms with Gasteiger partial charge in [-0.05, 0) is 18.3 Å². The zero-order chi connectivity index (χ0) is 11.9. The molecule has 1 saturated heterocycles. The molecule has 0 aromatic carbocycles. The standard InChI is InChI=1S/C13H22O3/c1-11(2)7-12(9-14-3)5-6-13(8-11,16-12)10-15-4/h5-6H,7-10H2,1-4H3/t12-,13+. The van der Waals surface area contributed by atoms with Gasteiger partial charge in [-0.1, -0.05) is 26.0 Å². The Labute approximate surface area is 97.8 Å². The molecule has 0 aromatic rings. The topological polar surface area (TPSA) is 27.7 Å². The normalized spacial score (nSPS) is 40.2. The quantitative estimate of drug-likeness (QED) is 0.688. The highest BCUT2D eigenvalue weighted by atomic mass is 16.6. The summed E-state index contributed by atoms with van der Waals surface area (Å²) in [5.74, 6) is 0. The molecule has 0 saturated carbocycles. The van der Waals surface area contributed by atoms with Crippen LogP contribution in [0.2, 0.25) is 0 Å². The average Bonchev–Trinajstić information content (AvgIpc) is 2.38. The van der Waals surface area contributed by atoms with Crippen molar-refractivity contribution < 1.29 is 14.2 Å². The van der Waals surface area contributed by atoms with Gasteiger partial charge in [0.05, 0.1) is 13.2 Å². The Bertz CT molecular complexity index is 272. The molecule has 0 amide bonds. The van der Waals surface area contributed by atoms with Crippen molar-refractivity contribution in [3.8, 4) is 0 Å². The van der Waals surface area contributed by atoms with Gasteiger partial charge in [0.15, 0.2) is 0 Å². The summed E-state index contributed by atoms with van der Waals surface area (Å²) in [6.07, 6.45) is 6.36. The van der Waals surface area contributed by atoms with Crippen LogP contribution in [0.15, 0.2) is 12.2 Å². The molecule has 16 heavy (non-hydrogen) atoms. The van der Waals surface area contributed by atoms with Gasteiger partial charge < -0.3 is 14.2 Å². The fraction of sp³-hybridized carbons (Fsp3) is 0.846. The van der Waals surface area contributed by atoms with Crippen LogP contribution < -0.4 is 0 Å². The highest BCUT2D eigenvalue weighted by Gasteiger charge is 2.54.